The molecule has 0 bridgehead atoms. The van der Waals surface area contributed by atoms with Crippen LogP contribution in [0.25, 0.3) is 0 Å². The van der Waals surface area contributed by atoms with E-state index in [0.717, 1.165) is 4.90 Å². The van der Waals surface area contributed by atoms with E-state index in [0.29, 0.717) is 0 Å². The fourth-order valence-corrected chi connectivity index (χ4v) is 2.93. The van der Waals surface area contributed by atoms with Crippen LogP contribution in [0.4, 0.5) is 4.79 Å². The van der Waals surface area contributed by atoms with Crippen LogP contribution in [-0.4, -0.2) is 54.6 Å². The lowest BCUT2D eigenvalue weighted by molar-refractivity contribution is -0.151. The van der Waals surface area contributed by atoms with E-state index in [9.17, 15) is 14.4 Å². The highest BCUT2D eigenvalue weighted by atomic mass is 16.5. The predicted molar refractivity (Wildman–Crippen MR) is 85.1 cm³/mol. The first kappa shape index (κ1) is 18.3. The molecule has 0 aromatic heterocycles. The first-order chi connectivity index (χ1) is 11.8. The number of nitrogens with zero attached hydrogens (tertiary/aromatic N) is 3. The minimum Gasteiger partial charge on any atom is -0.487 e. The number of terminal acetylenes is 1. The molecule has 2 aliphatic rings. The molecule has 2 fully saturated rings. The molecule has 0 aromatic carbocycles. The second-order valence-electron chi connectivity index (χ2n) is 6.43. The zero-order chi connectivity index (χ0) is 18.8. The third-order valence-corrected chi connectivity index (χ3v) is 4.57. The van der Waals surface area contributed by atoms with Crippen LogP contribution in [0.15, 0.2) is 11.8 Å². The number of methoxy groups -OCH3 is 1. The Balaban J connectivity index is 1.96. The average molecular weight is 345 g/mol. The number of hydrogen-bond donors (Lipinski definition) is 0. The molecule has 0 aromatic rings. The van der Waals surface area contributed by atoms with E-state index in [2.05, 4.69) is 5.92 Å². The summed E-state index contributed by atoms with van der Waals surface area (Å²) in [5, 5.41) is 8.91. The number of amides is 3. The Hall–Kier alpha value is -3.00. The molecule has 1 heterocycles. The highest BCUT2D eigenvalue weighted by molar-refractivity contribution is 6.02. The molecule has 1 aliphatic heterocycles. The standard InChI is InChI=1S/C17H19N3O5/c1-5-6-19-9-13(21)20(16(19)23)10-25-15(22)14-12(17(14,2)3)7-11(8-18)24-4/h1,7,12,14H,6,9-10H2,2-4H3/b11-7-/t12-,14-/m0/s1. The summed E-state index contributed by atoms with van der Waals surface area (Å²) in [7, 11) is 1.38. The lowest BCUT2D eigenvalue weighted by Gasteiger charge is -2.15. The van der Waals surface area contributed by atoms with Crippen molar-refractivity contribution in [3.63, 3.8) is 0 Å². The summed E-state index contributed by atoms with van der Waals surface area (Å²) in [6.45, 7) is 3.18. The van der Waals surface area contributed by atoms with Crippen LogP contribution in [0.2, 0.25) is 0 Å². The van der Waals surface area contributed by atoms with Crippen molar-refractivity contribution in [1.82, 2.24) is 9.80 Å². The number of carbonyl (C=O) groups excluding carboxylic acids is 3. The largest absolute Gasteiger partial charge is 0.487 e. The molecular weight excluding hydrogens is 326 g/mol. The number of carbonyl (C=O) groups is 3. The van der Waals surface area contributed by atoms with E-state index in [1.807, 2.05) is 19.9 Å². The molecule has 25 heavy (non-hydrogen) atoms. The van der Waals surface area contributed by atoms with Gasteiger partial charge >= 0.3 is 12.0 Å². The van der Waals surface area contributed by atoms with Gasteiger partial charge in [0.1, 0.15) is 12.6 Å². The number of esters is 1. The molecule has 1 saturated carbocycles. The van der Waals surface area contributed by atoms with Gasteiger partial charge in [0.15, 0.2) is 12.5 Å². The number of urea groups is 1. The second kappa shape index (κ2) is 6.86. The van der Waals surface area contributed by atoms with Crippen molar-refractivity contribution < 1.29 is 23.9 Å². The molecule has 8 heteroatoms. The van der Waals surface area contributed by atoms with Crippen molar-refractivity contribution in [3.8, 4) is 18.4 Å². The normalized spacial score (nSPS) is 24.6. The number of imide groups is 1. The zero-order valence-electron chi connectivity index (χ0n) is 14.3. The summed E-state index contributed by atoms with van der Waals surface area (Å²) in [6, 6.07) is 1.32. The Bertz CT molecular complexity index is 713. The van der Waals surface area contributed by atoms with Crippen LogP contribution in [0.1, 0.15) is 13.8 Å². The van der Waals surface area contributed by atoms with Crippen molar-refractivity contribution in [2.24, 2.45) is 17.3 Å². The summed E-state index contributed by atoms with van der Waals surface area (Å²) in [5.41, 5.74) is -0.397. The molecule has 2 rings (SSSR count). The topological polar surface area (TPSA) is 99.9 Å². The Morgan fingerprint density at radius 2 is 2.16 bits per heavy atom. The SMILES string of the molecule is C#CCN1CC(=O)N(COC(=O)[C@@H]2[C@H](/C=C(/C#N)OC)C2(C)C)C1=O. The van der Waals surface area contributed by atoms with E-state index in [-0.39, 0.29) is 24.8 Å². The minimum atomic E-state index is -0.576. The van der Waals surface area contributed by atoms with Crippen LogP contribution in [0, 0.1) is 40.9 Å². The van der Waals surface area contributed by atoms with Crippen LogP contribution in [-0.2, 0) is 19.1 Å². The average Bonchev–Trinajstić information content (AvgIpc) is 3.00. The third-order valence-electron chi connectivity index (χ3n) is 4.57. The maximum atomic E-state index is 12.3. The smallest absolute Gasteiger partial charge is 0.330 e. The Morgan fingerprint density at radius 3 is 2.72 bits per heavy atom. The van der Waals surface area contributed by atoms with Crippen LogP contribution in [0.3, 0.4) is 0 Å². The molecule has 0 N–H and O–H groups in total. The van der Waals surface area contributed by atoms with Gasteiger partial charge in [-0.15, -0.1) is 6.42 Å². The van der Waals surface area contributed by atoms with Crippen molar-refractivity contribution in [2.75, 3.05) is 26.9 Å². The van der Waals surface area contributed by atoms with Gasteiger partial charge in [0.05, 0.1) is 19.6 Å². The second-order valence-corrected chi connectivity index (χ2v) is 6.43. The Morgan fingerprint density at radius 1 is 1.48 bits per heavy atom. The van der Waals surface area contributed by atoms with Crippen molar-refractivity contribution in [3.05, 3.63) is 11.8 Å². The van der Waals surface area contributed by atoms with Crippen LogP contribution in [0.5, 0.6) is 0 Å². The summed E-state index contributed by atoms with van der Waals surface area (Å²) >= 11 is 0. The molecule has 0 spiro atoms. The summed E-state index contributed by atoms with van der Waals surface area (Å²) in [5.74, 6) is 0.741. The van der Waals surface area contributed by atoms with Crippen LogP contribution < -0.4 is 0 Å². The van der Waals surface area contributed by atoms with Gasteiger partial charge in [-0.05, 0) is 11.5 Å². The Labute approximate surface area is 146 Å². The molecule has 3 amide bonds. The summed E-state index contributed by atoms with van der Waals surface area (Å²) in [4.78, 5) is 38.2. The molecule has 0 unspecified atom stereocenters. The van der Waals surface area contributed by atoms with Gasteiger partial charge in [0, 0.05) is 5.92 Å². The van der Waals surface area contributed by atoms with E-state index in [4.69, 9.17) is 21.2 Å². The van der Waals surface area contributed by atoms with Gasteiger partial charge in [-0.1, -0.05) is 19.8 Å². The van der Waals surface area contributed by atoms with Crippen molar-refractivity contribution in [2.45, 2.75) is 13.8 Å². The third kappa shape index (κ3) is 3.43. The first-order valence-electron chi connectivity index (χ1n) is 7.63. The minimum absolute atomic E-state index is 0.0193. The van der Waals surface area contributed by atoms with Crippen molar-refractivity contribution >= 4 is 17.9 Å². The molecular formula is C17H19N3O5. The predicted octanol–water partition coefficient (Wildman–Crippen LogP) is 0.711. The fourth-order valence-electron chi connectivity index (χ4n) is 2.93. The first-order valence-corrected chi connectivity index (χ1v) is 7.63. The summed E-state index contributed by atoms with van der Waals surface area (Å²) < 4.78 is 10.1. The molecule has 132 valence electrons. The lowest BCUT2D eigenvalue weighted by Crippen LogP contribution is -2.36. The number of hydrogen-bond acceptors (Lipinski definition) is 6. The molecule has 2 atom stereocenters. The number of nitriles is 1. The van der Waals surface area contributed by atoms with E-state index < -0.39 is 36.0 Å². The molecule has 1 saturated heterocycles. The molecule has 0 radical (unpaired) electrons. The highest BCUT2D eigenvalue weighted by Gasteiger charge is 2.62. The zero-order valence-corrected chi connectivity index (χ0v) is 14.3. The fraction of sp³-hybridized carbons (Fsp3) is 0.529. The number of ether oxygens (including phenoxy) is 2. The molecule has 8 nitrogen and oxygen atoms in total. The van der Waals surface area contributed by atoms with Crippen molar-refractivity contribution in [1.29, 1.82) is 5.26 Å². The monoisotopic (exact) mass is 345 g/mol. The van der Waals surface area contributed by atoms with Gasteiger partial charge in [0.25, 0.3) is 5.91 Å². The van der Waals surface area contributed by atoms with Crippen LogP contribution >= 0.6 is 0 Å². The van der Waals surface area contributed by atoms with Gasteiger partial charge in [-0.3, -0.25) is 9.59 Å². The maximum absolute atomic E-state index is 12.3. The quantitative estimate of drug-likeness (QED) is 0.231. The Kier molecular flexibility index (Phi) is 5.03. The lowest BCUT2D eigenvalue weighted by atomic mass is 10.1. The number of rotatable bonds is 6. The van der Waals surface area contributed by atoms with E-state index >= 15 is 0 Å². The molecule has 1 aliphatic carbocycles. The van der Waals surface area contributed by atoms with Gasteiger partial charge in [0.2, 0.25) is 0 Å². The van der Waals surface area contributed by atoms with Gasteiger partial charge < -0.3 is 14.4 Å². The summed E-state index contributed by atoms with van der Waals surface area (Å²) in [6.07, 6.45) is 6.73. The van der Waals surface area contributed by atoms with E-state index in [1.54, 1.807) is 6.08 Å². The number of allylic oxidation sites excluding steroid dienone is 2. The van der Waals surface area contributed by atoms with E-state index in [1.165, 1.54) is 12.0 Å². The van der Waals surface area contributed by atoms with Gasteiger partial charge in [-0.2, -0.15) is 5.26 Å². The van der Waals surface area contributed by atoms with Gasteiger partial charge in [-0.25, -0.2) is 9.69 Å². The maximum Gasteiger partial charge on any atom is 0.330 e. The highest BCUT2D eigenvalue weighted by Crippen LogP contribution is 2.59.